The Hall–Kier alpha value is -1.37. The van der Waals surface area contributed by atoms with Crippen molar-refractivity contribution in [3.63, 3.8) is 0 Å². The minimum absolute atomic E-state index is 0.364. The highest BCUT2D eigenvalue weighted by atomic mass is 15.2. The predicted octanol–water partition coefficient (Wildman–Crippen LogP) is 1.05. The Bertz CT molecular complexity index is 355. The van der Waals surface area contributed by atoms with Gasteiger partial charge in [-0.3, -0.25) is 9.88 Å². The fourth-order valence-corrected chi connectivity index (χ4v) is 2.09. The average molecular weight is 215 g/mol. The molecule has 3 nitrogen and oxygen atoms in total. The molecule has 2 heterocycles. The first kappa shape index (κ1) is 11.1. The van der Waals surface area contributed by atoms with Crippen LogP contribution in [0.2, 0.25) is 0 Å². The minimum Gasteiger partial charge on any atom is -0.313 e. The van der Waals surface area contributed by atoms with Gasteiger partial charge in [0.2, 0.25) is 0 Å². The summed E-state index contributed by atoms with van der Waals surface area (Å²) in [6.07, 6.45) is 7.98. The summed E-state index contributed by atoms with van der Waals surface area (Å²) < 4.78 is 0. The molecule has 3 heteroatoms. The number of hydrogen-bond donors (Lipinski definition) is 1. The van der Waals surface area contributed by atoms with Crippen LogP contribution in [0.15, 0.2) is 24.4 Å². The van der Waals surface area contributed by atoms with E-state index < -0.39 is 0 Å². The number of terminal acetylenes is 1. The number of hydrogen-bond acceptors (Lipinski definition) is 3. The topological polar surface area (TPSA) is 28.2 Å². The molecule has 0 radical (unpaired) electrons. The monoisotopic (exact) mass is 215 g/mol. The van der Waals surface area contributed by atoms with E-state index in [1.807, 2.05) is 18.3 Å². The number of pyridine rings is 1. The maximum absolute atomic E-state index is 5.32. The van der Waals surface area contributed by atoms with Crippen molar-refractivity contribution in [3.05, 3.63) is 30.1 Å². The van der Waals surface area contributed by atoms with E-state index in [4.69, 9.17) is 6.42 Å². The molecule has 2 rings (SSSR count). The summed E-state index contributed by atoms with van der Waals surface area (Å²) in [5.41, 5.74) is 1.13. The fraction of sp³-hybridized carbons (Fsp3) is 0.462. The normalized spacial score (nSPS) is 21.6. The van der Waals surface area contributed by atoms with Gasteiger partial charge in [0.15, 0.2) is 0 Å². The highest BCUT2D eigenvalue weighted by Gasteiger charge is 2.23. The van der Waals surface area contributed by atoms with Crippen LogP contribution in [0.25, 0.3) is 0 Å². The maximum atomic E-state index is 5.32. The number of piperazine rings is 1. The van der Waals surface area contributed by atoms with Crippen LogP contribution in [-0.2, 0) is 0 Å². The van der Waals surface area contributed by atoms with Gasteiger partial charge in [-0.2, -0.15) is 0 Å². The van der Waals surface area contributed by atoms with Gasteiger partial charge in [-0.1, -0.05) is 6.07 Å². The third-order valence-corrected chi connectivity index (χ3v) is 2.93. The summed E-state index contributed by atoms with van der Waals surface area (Å²) >= 11 is 0. The van der Waals surface area contributed by atoms with E-state index >= 15 is 0 Å². The van der Waals surface area contributed by atoms with Crippen LogP contribution in [0.3, 0.4) is 0 Å². The van der Waals surface area contributed by atoms with Gasteiger partial charge in [0.05, 0.1) is 11.7 Å². The van der Waals surface area contributed by atoms with Crippen LogP contribution >= 0.6 is 0 Å². The van der Waals surface area contributed by atoms with Crippen molar-refractivity contribution in [2.75, 3.05) is 26.2 Å². The summed E-state index contributed by atoms with van der Waals surface area (Å²) in [5.74, 6) is 2.70. The van der Waals surface area contributed by atoms with Crippen LogP contribution in [0.4, 0.5) is 0 Å². The van der Waals surface area contributed by atoms with E-state index in [0.29, 0.717) is 6.04 Å². The van der Waals surface area contributed by atoms with E-state index in [-0.39, 0.29) is 0 Å². The number of nitrogens with zero attached hydrogens (tertiary/aromatic N) is 2. The molecule has 16 heavy (non-hydrogen) atoms. The van der Waals surface area contributed by atoms with Gasteiger partial charge < -0.3 is 5.32 Å². The summed E-state index contributed by atoms with van der Waals surface area (Å²) in [4.78, 5) is 6.84. The number of rotatable bonds is 3. The third-order valence-electron chi connectivity index (χ3n) is 2.93. The second kappa shape index (κ2) is 5.64. The molecule has 0 spiro atoms. The minimum atomic E-state index is 0.364. The molecule has 1 unspecified atom stereocenters. The molecule has 1 atom stereocenters. The van der Waals surface area contributed by atoms with Gasteiger partial charge in [-0.25, -0.2) is 0 Å². The second-order valence-electron chi connectivity index (χ2n) is 3.96. The average Bonchev–Trinajstić information content (AvgIpc) is 2.38. The Morgan fingerprint density at radius 2 is 2.50 bits per heavy atom. The van der Waals surface area contributed by atoms with Gasteiger partial charge in [-0.15, -0.1) is 12.3 Å². The smallest absolute Gasteiger partial charge is 0.0647 e. The van der Waals surface area contributed by atoms with Crippen molar-refractivity contribution in [2.24, 2.45) is 0 Å². The molecule has 1 aromatic rings. The second-order valence-corrected chi connectivity index (χ2v) is 3.96. The Kier molecular flexibility index (Phi) is 3.92. The lowest BCUT2D eigenvalue weighted by molar-refractivity contribution is 0.162. The maximum Gasteiger partial charge on any atom is 0.0647 e. The van der Waals surface area contributed by atoms with Crippen LogP contribution in [0, 0.1) is 12.3 Å². The molecular weight excluding hydrogens is 198 g/mol. The van der Waals surface area contributed by atoms with Crippen molar-refractivity contribution in [3.8, 4) is 12.3 Å². The molecule has 1 aliphatic heterocycles. The lowest BCUT2D eigenvalue weighted by Gasteiger charge is -2.35. The first-order chi connectivity index (χ1) is 7.92. The van der Waals surface area contributed by atoms with E-state index in [0.717, 1.165) is 38.3 Å². The molecule has 1 aromatic heterocycles. The Labute approximate surface area is 96.9 Å². The lowest BCUT2D eigenvalue weighted by Crippen LogP contribution is -2.46. The highest BCUT2D eigenvalue weighted by Crippen LogP contribution is 2.19. The fourth-order valence-electron chi connectivity index (χ4n) is 2.09. The van der Waals surface area contributed by atoms with Crippen molar-refractivity contribution < 1.29 is 0 Å². The van der Waals surface area contributed by atoms with E-state index in [1.165, 1.54) is 0 Å². The summed E-state index contributed by atoms with van der Waals surface area (Å²) in [5, 5.41) is 3.41. The molecule has 1 fully saturated rings. The highest BCUT2D eigenvalue weighted by molar-refractivity contribution is 5.10. The zero-order valence-electron chi connectivity index (χ0n) is 9.39. The van der Waals surface area contributed by atoms with Gasteiger partial charge in [0.25, 0.3) is 0 Å². The molecule has 1 N–H and O–H groups in total. The van der Waals surface area contributed by atoms with Crippen molar-refractivity contribution in [1.82, 2.24) is 15.2 Å². The molecule has 0 saturated carbocycles. The van der Waals surface area contributed by atoms with Gasteiger partial charge >= 0.3 is 0 Å². The molecule has 0 aliphatic carbocycles. The van der Waals surface area contributed by atoms with Gasteiger partial charge in [-0.05, 0) is 12.1 Å². The standard InChI is InChI=1S/C13H17N3/c1-2-3-9-16-10-8-14-11-13(16)12-6-4-5-7-15-12/h1,4-7,13-14H,3,8-11H2. The number of aromatic nitrogens is 1. The first-order valence-electron chi connectivity index (χ1n) is 5.71. The molecule has 1 aliphatic rings. The summed E-state index contributed by atoms with van der Waals surface area (Å²) in [6.45, 7) is 4.00. The third kappa shape index (κ3) is 2.60. The zero-order chi connectivity index (χ0) is 11.2. The predicted molar refractivity (Wildman–Crippen MR) is 64.9 cm³/mol. The van der Waals surface area contributed by atoms with Gasteiger partial charge in [0.1, 0.15) is 0 Å². The van der Waals surface area contributed by atoms with Crippen LogP contribution < -0.4 is 5.32 Å². The van der Waals surface area contributed by atoms with E-state index in [2.05, 4.69) is 27.2 Å². The first-order valence-corrected chi connectivity index (χ1v) is 5.71. The van der Waals surface area contributed by atoms with Crippen molar-refractivity contribution in [1.29, 1.82) is 0 Å². The van der Waals surface area contributed by atoms with E-state index in [1.54, 1.807) is 0 Å². The number of nitrogens with one attached hydrogen (secondary N) is 1. The summed E-state index contributed by atoms with van der Waals surface area (Å²) in [6, 6.07) is 6.44. The SMILES string of the molecule is C#CCCN1CCNCC1c1ccccn1. The van der Waals surface area contributed by atoms with Crippen LogP contribution in [0.1, 0.15) is 18.2 Å². The Morgan fingerprint density at radius 1 is 1.56 bits per heavy atom. The molecular formula is C13H17N3. The zero-order valence-corrected chi connectivity index (χ0v) is 9.39. The van der Waals surface area contributed by atoms with Gasteiger partial charge in [0, 0.05) is 38.8 Å². The molecule has 0 bridgehead atoms. The Balaban J connectivity index is 2.08. The Morgan fingerprint density at radius 3 is 3.25 bits per heavy atom. The van der Waals surface area contributed by atoms with Crippen LogP contribution in [0.5, 0.6) is 0 Å². The largest absolute Gasteiger partial charge is 0.313 e. The van der Waals surface area contributed by atoms with Crippen molar-refractivity contribution in [2.45, 2.75) is 12.5 Å². The summed E-state index contributed by atoms with van der Waals surface area (Å²) in [7, 11) is 0. The lowest BCUT2D eigenvalue weighted by atomic mass is 10.1. The quantitative estimate of drug-likeness (QED) is 0.764. The molecule has 1 saturated heterocycles. The van der Waals surface area contributed by atoms with E-state index in [9.17, 15) is 0 Å². The van der Waals surface area contributed by atoms with Crippen LogP contribution in [-0.4, -0.2) is 36.1 Å². The molecule has 0 amide bonds. The van der Waals surface area contributed by atoms with Crippen molar-refractivity contribution >= 4 is 0 Å². The molecule has 84 valence electrons. The molecule has 0 aromatic carbocycles.